The Bertz CT molecular complexity index is 128. The summed E-state index contributed by atoms with van der Waals surface area (Å²) in [5.41, 5.74) is 0.884. The quantitative estimate of drug-likeness (QED) is 0.305. The molecule has 0 saturated carbocycles. The highest BCUT2D eigenvalue weighted by Gasteiger charge is 2.08. The molecule has 0 N–H and O–H groups in total. The van der Waals surface area contributed by atoms with Gasteiger partial charge in [-0.2, -0.15) is 0 Å². The zero-order valence-electron chi connectivity index (χ0n) is 4.09. The summed E-state index contributed by atoms with van der Waals surface area (Å²) in [6, 6.07) is 0. The van der Waals surface area contributed by atoms with Gasteiger partial charge in [0.15, 0.2) is 12.2 Å². The fourth-order valence-electron chi connectivity index (χ4n) is 0.479. The van der Waals surface area contributed by atoms with E-state index in [1.165, 1.54) is 0 Å². The summed E-state index contributed by atoms with van der Waals surface area (Å²) in [6.07, 6.45) is 1.67. The van der Waals surface area contributed by atoms with E-state index in [2.05, 4.69) is 18.3 Å². The first-order chi connectivity index (χ1) is 3.29. The minimum atomic E-state index is 0.778. The first-order valence-electron chi connectivity index (χ1n) is 2.08. The van der Waals surface area contributed by atoms with Gasteiger partial charge in [-0.05, 0) is 6.58 Å². The van der Waals surface area contributed by atoms with Crippen LogP contribution in [0.5, 0.6) is 0 Å². The summed E-state index contributed by atoms with van der Waals surface area (Å²) in [4.78, 5) is 3.86. The van der Waals surface area contributed by atoms with Crippen molar-refractivity contribution in [3.63, 3.8) is 0 Å². The van der Waals surface area contributed by atoms with Crippen LogP contribution in [0.1, 0.15) is 0 Å². The van der Waals surface area contributed by atoms with E-state index >= 15 is 0 Å². The topological polar surface area (TPSA) is 15.4 Å². The van der Waals surface area contributed by atoms with Gasteiger partial charge < -0.3 is 0 Å². The molecule has 7 heavy (non-hydrogen) atoms. The SMILES string of the molecule is C=[N+]1[13CH]=N[13C](=[13CH2])[13CH2]1. The van der Waals surface area contributed by atoms with Crippen molar-refractivity contribution in [2.24, 2.45) is 4.99 Å². The third kappa shape index (κ3) is 0.738. The summed E-state index contributed by atoms with van der Waals surface area (Å²) in [7, 11) is 0. The number of hydrogen-bond donors (Lipinski definition) is 0. The first-order valence-corrected chi connectivity index (χ1v) is 2.08. The number of rotatable bonds is 0. The van der Waals surface area contributed by atoms with Crippen LogP contribution in [0.4, 0.5) is 0 Å². The van der Waals surface area contributed by atoms with E-state index in [1.54, 1.807) is 10.9 Å². The third-order valence-corrected chi connectivity index (χ3v) is 0.789. The van der Waals surface area contributed by atoms with Crippen LogP contribution in [-0.2, 0) is 0 Å². The number of aliphatic imine (C=N–C) groups is 1. The van der Waals surface area contributed by atoms with E-state index in [4.69, 9.17) is 0 Å². The molecule has 1 aliphatic rings. The molecule has 36 valence electrons. The minimum absolute atomic E-state index is 0.778. The molecule has 1 aliphatic heterocycles. The molecule has 0 radical (unpaired) electrons. The van der Waals surface area contributed by atoms with E-state index in [0.717, 1.165) is 12.2 Å². The van der Waals surface area contributed by atoms with Crippen LogP contribution in [0.15, 0.2) is 17.3 Å². The molecule has 0 amide bonds. The number of nitrogens with zero attached hydrogens (tertiary/aromatic N) is 2. The van der Waals surface area contributed by atoms with Crippen LogP contribution >= 0.6 is 0 Å². The van der Waals surface area contributed by atoms with Gasteiger partial charge in [0.25, 0.3) is 6.34 Å². The zero-order chi connectivity index (χ0) is 5.28. The zero-order valence-corrected chi connectivity index (χ0v) is 4.09. The van der Waals surface area contributed by atoms with Crippen LogP contribution in [0.25, 0.3) is 0 Å². The normalized spacial score (nSPS) is 18.9. The van der Waals surface area contributed by atoms with Gasteiger partial charge in [0.05, 0.1) is 6.72 Å². The van der Waals surface area contributed by atoms with Gasteiger partial charge in [-0.25, -0.2) is 4.58 Å². The summed E-state index contributed by atoms with van der Waals surface area (Å²) in [6.45, 7) is 8.01. The van der Waals surface area contributed by atoms with Gasteiger partial charge in [-0.3, -0.25) is 0 Å². The fraction of sp³-hybridized carbons (Fsp3) is 0.200. The lowest BCUT2D eigenvalue weighted by Gasteiger charge is -1.77. The summed E-state index contributed by atoms with van der Waals surface area (Å²) < 4.78 is 1.74. The summed E-state index contributed by atoms with van der Waals surface area (Å²) in [5.74, 6) is 0. The van der Waals surface area contributed by atoms with E-state index in [0.29, 0.717) is 0 Å². The maximum Gasteiger partial charge on any atom is 0.286 e. The second kappa shape index (κ2) is 1.30. The van der Waals surface area contributed by atoms with Gasteiger partial charge in [-0.15, -0.1) is 0 Å². The molecule has 0 unspecified atom stereocenters. The smallest absolute Gasteiger partial charge is 0.236 e. The summed E-state index contributed by atoms with van der Waals surface area (Å²) >= 11 is 0. The highest BCUT2D eigenvalue weighted by atomic mass is 15.4. The molecule has 0 bridgehead atoms. The molecule has 0 aromatic carbocycles. The average Bonchev–Trinajstić information content (AvgIpc) is 1.87. The lowest BCUT2D eigenvalue weighted by Crippen LogP contribution is -2.00. The van der Waals surface area contributed by atoms with Crippen LogP contribution in [0.2, 0.25) is 0 Å². The van der Waals surface area contributed by atoms with Crippen molar-refractivity contribution in [3.05, 3.63) is 12.3 Å². The fourth-order valence-corrected chi connectivity index (χ4v) is 0.479. The second-order valence-electron chi connectivity index (χ2n) is 1.56. The van der Waals surface area contributed by atoms with Crippen molar-refractivity contribution in [1.82, 2.24) is 0 Å². The molecule has 0 aliphatic carbocycles. The molecule has 0 fully saturated rings. The highest BCUT2D eigenvalue weighted by molar-refractivity contribution is 5.52. The maximum atomic E-state index is 3.86. The molecule has 0 atom stereocenters. The van der Waals surface area contributed by atoms with E-state index in [1.807, 2.05) is 0 Å². The van der Waals surface area contributed by atoms with Crippen molar-refractivity contribution in [3.8, 4) is 0 Å². The Labute approximate surface area is 42.5 Å². The summed E-state index contributed by atoms with van der Waals surface area (Å²) in [5, 5.41) is 0. The first kappa shape index (κ1) is 4.24. The molecule has 0 spiro atoms. The Kier molecular flexibility index (Phi) is 0.785. The van der Waals surface area contributed by atoms with Crippen molar-refractivity contribution >= 4 is 13.1 Å². The Morgan fingerprint density at radius 3 is 2.71 bits per heavy atom. The number of hydrogen-bond acceptors (Lipinski definition) is 1. The van der Waals surface area contributed by atoms with Crippen molar-refractivity contribution in [2.75, 3.05) is 6.54 Å². The van der Waals surface area contributed by atoms with Crippen molar-refractivity contribution in [1.29, 1.82) is 0 Å². The van der Waals surface area contributed by atoms with Gasteiger partial charge in [0.1, 0.15) is 0 Å². The molecule has 1 heterocycles. The van der Waals surface area contributed by atoms with Gasteiger partial charge >= 0.3 is 0 Å². The van der Waals surface area contributed by atoms with Gasteiger partial charge in [-0.1, -0.05) is 4.99 Å². The van der Waals surface area contributed by atoms with Crippen LogP contribution in [0, 0.1) is 0 Å². The van der Waals surface area contributed by atoms with Gasteiger partial charge in [0.2, 0.25) is 0 Å². The van der Waals surface area contributed by atoms with E-state index < -0.39 is 0 Å². The Balaban J connectivity index is 2.76. The van der Waals surface area contributed by atoms with E-state index in [9.17, 15) is 0 Å². The maximum absolute atomic E-state index is 3.86. The van der Waals surface area contributed by atoms with Crippen LogP contribution < -0.4 is 0 Å². The van der Waals surface area contributed by atoms with Gasteiger partial charge in [0, 0.05) is 0 Å². The molecule has 2 heteroatoms. The Hall–Kier alpha value is -0.920. The standard InChI is InChI=1S/C5H7N2/c1-5-3-7(2)4-6-5/h4H,1-3H2/q+1/i1+1,3+1,4+1,5+1. The molecule has 0 aromatic heterocycles. The van der Waals surface area contributed by atoms with Crippen LogP contribution in [0.3, 0.4) is 0 Å². The molecule has 1 rings (SSSR count). The Morgan fingerprint density at radius 2 is 2.57 bits per heavy atom. The van der Waals surface area contributed by atoms with Crippen molar-refractivity contribution in [2.45, 2.75) is 0 Å². The van der Waals surface area contributed by atoms with Crippen molar-refractivity contribution < 1.29 is 4.58 Å². The molecule has 0 saturated heterocycles. The molecular formula is C5H7N2+. The highest BCUT2D eigenvalue weighted by Crippen LogP contribution is 1.96. The monoisotopic (exact) mass is 99.1 g/mol. The third-order valence-electron chi connectivity index (χ3n) is 0.789. The van der Waals surface area contributed by atoms with E-state index in [-0.39, 0.29) is 0 Å². The molecular weight excluding hydrogens is 92.0 g/mol. The lowest BCUT2D eigenvalue weighted by atomic mass is 11.4. The van der Waals surface area contributed by atoms with Crippen LogP contribution in [-0.4, -0.2) is 24.2 Å². The molecule has 2 nitrogen and oxygen atoms in total. The predicted molar refractivity (Wildman–Crippen MR) is 29.9 cm³/mol. The molecule has 0 aromatic rings. The Morgan fingerprint density at radius 1 is 1.86 bits per heavy atom. The second-order valence-corrected chi connectivity index (χ2v) is 1.56. The largest absolute Gasteiger partial charge is 0.286 e. The predicted octanol–water partition coefficient (Wildman–Crippen LogP) is 0.255. The minimum Gasteiger partial charge on any atom is -0.236 e. The average molecular weight is 99.1 g/mol. The lowest BCUT2D eigenvalue weighted by molar-refractivity contribution is -0.369.